The predicted octanol–water partition coefficient (Wildman–Crippen LogP) is 4.06. The number of fused-ring (bicyclic) bond motifs is 1. The van der Waals surface area contributed by atoms with Gasteiger partial charge in [0.2, 0.25) is 0 Å². The first-order valence-electron chi connectivity index (χ1n) is 6.41. The average Bonchev–Trinajstić information content (AvgIpc) is 2.70. The molecule has 0 bridgehead atoms. The lowest BCUT2D eigenvalue weighted by Crippen LogP contribution is -1.88. The molecule has 3 aromatic rings. The number of aromatic nitrogens is 1. The summed E-state index contributed by atoms with van der Waals surface area (Å²) in [5.41, 5.74) is 10.1. The number of nitrogens with two attached hydrogens (primary N) is 1. The molecule has 0 fully saturated rings. The molecule has 2 heteroatoms. The van der Waals surface area contributed by atoms with E-state index in [1.54, 1.807) is 0 Å². The molecule has 0 spiro atoms. The summed E-state index contributed by atoms with van der Waals surface area (Å²) < 4.78 is 2.20. The maximum absolute atomic E-state index is 5.43. The number of benzene rings is 2. The third kappa shape index (κ3) is 3.16. The topological polar surface area (TPSA) is 30.9 Å². The monoisotopic (exact) mass is 252 g/mol. The smallest absolute Gasteiger partial charge is 0.0479 e. The number of aryl methyl sites for hydroxylation is 3. The molecule has 98 valence electrons. The molecule has 0 amide bonds. The fourth-order valence-electron chi connectivity index (χ4n) is 1.99. The van der Waals surface area contributed by atoms with E-state index >= 15 is 0 Å². The molecule has 0 radical (unpaired) electrons. The van der Waals surface area contributed by atoms with E-state index in [2.05, 4.69) is 48.9 Å². The van der Waals surface area contributed by atoms with E-state index in [1.807, 2.05) is 31.2 Å². The molecule has 0 aliphatic rings. The number of nitrogens with zero attached hydrogens (tertiary/aromatic N) is 1. The van der Waals surface area contributed by atoms with Gasteiger partial charge in [-0.2, -0.15) is 0 Å². The van der Waals surface area contributed by atoms with Gasteiger partial charge in [-0.15, -0.1) is 0 Å². The van der Waals surface area contributed by atoms with Crippen molar-refractivity contribution in [1.82, 2.24) is 4.57 Å². The Morgan fingerprint density at radius 1 is 0.895 bits per heavy atom. The number of anilines is 1. The summed E-state index contributed by atoms with van der Waals surface area (Å²) >= 11 is 0. The summed E-state index contributed by atoms with van der Waals surface area (Å²) in [6, 6.07) is 18.4. The zero-order valence-corrected chi connectivity index (χ0v) is 11.7. The van der Waals surface area contributed by atoms with Gasteiger partial charge in [-0.3, -0.25) is 0 Å². The molecular weight excluding hydrogens is 232 g/mol. The van der Waals surface area contributed by atoms with Gasteiger partial charge in [0.25, 0.3) is 0 Å². The van der Waals surface area contributed by atoms with Gasteiger partial charge in [-0.1, -0.05) is 35.9 Å². The lowest BCUT2D eigenvalue weighted by molar-refractivity contribution is 0.918. The van der Waals surface area contributed by atoms with Crippen molar-refractivity contribution >= 4 is 16.6 Å². The molecule has 2 aromatic carbocycles. The molecule has 2 nitrogen and oxygen atoms in total. The van der Waals surface area contributed by atoms with Crippen LogP contribution in [0.25, 0.3) is 10.9 Å². The summed E-state index contributed by atoms with van der Waals surface area (Å²) in [4.78, 5) is 0. The predicted molar refractivity (Wildman–Crippen MR) is 83.2 cm³/mol. The third-order valence-electron chi connectivity index (χ3n) is 3.27. The van der Waals surface area contributed by atoms with Crippen LogP contribution in [0.3, 0.4) is 0 Å². The molecule has 0 aliphatic heterocycles. The fourth-order valence-corrected chi connectivity index (χ4v) is 1.99. The van der Waals surface area contributed by atoms with Crippen LogP contribution in [0, 0.1) is 13.8 Å². The van der Waals surface area contributed by atoms with Crippen LogP contribution in [0.2, 0.25) is 0 Å². The van der Waals surface area contributed by atoms with E-state index in [-0.39, 0.29) is 0 Å². The molecule has 3 rings (SSSR count). The summed E-state index contributed by atoms with van der Waals surface area (Å²) in [5.74, 6) is 0. The van der Waals surface area contributed by atoms with Crippen molar-refractivity contribution in [3.63, 3.8) is 0 Å². The highest BCUT2D eigenvalue weighted by atomic mass is 14.9. The van der Waals surface area contributed by atoms with E-state index in [4.69, 9.17) is 5.73 Å². The van der Waals surface area contributed by atoms with Crippen LogP contribution < -0.4 is 5.73 Å². The zero-order chi connectivity index (χ0) is 13.8. The SMILES string of the molecule is Cc1cc2ccccc2n1C.Cc1ccc(N)cc1. The normalized spacial score (nSPS) is 10.1. The summed E-state index contributed by atoms with van der Waals surface area (Å²) in [5, 5.41) is 1.33. The van der Waals surface area contributed by atoms with Crippen molar-refractivity contribution in [3.8, 4) is 0 Å². The lowest BCUT2D eigenvalue weighted by atomic mass is 10.2. The quantitative estimate of drug-likeness (QED) is 0.601. The molecule has 0 saturated heterocycles. The molecule has 0 aliphatic carbocycles. The Labute approximate surface area is 114 Å². The Hall–Kier alpha value is -2.22. The number of rotatable bonds is 0. The molecule has 1 heterocycles. The molecule has 19 heavy (non-hydrogen) atoms. The Kier molecular flexibility index (Phi) is 3.91. The highest BCUT2D eigenvalue weighted by Gasteiger charge is 1.98. The van der Waals surface area contributed by atoms with Crippen molar-refractivity contribution in [1.29, 1.82) is 0 Å². The Balaban J connectivity index is 0.000000148. The third-order valence-corrected chi connectivity index (χ3v) is 3.27. The van der Waals surface area contributed by atoms with Gasteiger partial charge >= 0.3 is 0 Å². The van der Waals surface area contributed by atoms with Gasteiger partial charge in [0, 0.05) is 23.9 Å². The highest BCUT2D eigenvalue weighted by Crippen LogP contribution is 2.16. The molecule has 1 aromatic heterocycles. The molecule has 0 unspecified atom stereocenters. The summed E-state index contributed by atoms with van der Waals surface area (Å²) in [7, 11) is 2.09. The van der Waals surface area contributed by atoms with Crippen molar-refractivity contribution < 1.29 is 0 Å². The average molecular weight is 252 g/mol. The minimum Gasteiger partial charge on any atom is -0.399 e. The lowest BCUT2D eigenvalue weighted by Gasteiger charge is -1.96. The standard InChI is InChI=1S/C10H11N.C7H9N/c1-8-7-9-5-3-4-6-10(9)11(8)2;1-6-2-4-7(8)5-3-6/h3-7H,1-2H3;2-5H,8H2,1H3. The van der Waals surface area contributed by atoms with E-state index in [0.29, 0.717) is 0 Å². The number of para-hydroxylation sites is 1. The second-order valence-corrected chi connectivity index (χ2v) is 4.81. The van der Waals surface area contributed by atoms with E-state index in [0.717, 1.165) is 5.69 Å². The fraction of sp³-hybridized carbons (Fsp3) is 0.176. The molecular formula is C17H20N2. The van der Waals surface area contributed by atoms with Crippen LogP contribution in [-0.4, -0.2) is 4.57 Å². The second-order valence-electron chi connectivity index (χ2n) is 4.81. The first-order valence-corrected chi connectivity index (χ1v) is 6.41. The maximum Gasteiger partial charge on any atom is 0.0479 e. The number of hydrogen-bond donors (Lipinski definition) is 1. The Morgan fingerprint density at radius 3 is 2.11 bits per heavy atom. The van der Waals surface area contributed by atoms with E-state index in [9.17, 15) is 0 Å². The molecule has 2 N–H and O–H groups in total. The van der Waals surface area contributed by atoms with Crippen molar-refractivity contribution in [3.05, 3.63) is 65.9 Å². The largest absolute Gasteiger partial charge is 0.399 e. The van der Waals surface area contributed by atoms with Crippen LogP contribution in [0.5, 0.6) is 0 Å². The van der Waals surface area contributed by atoms with Crippen LogP contribution in [-0.2, 0) is 7.05 Å². The van der Waals surface area contributed by atoms with Crippen LogP contribution in [0.4, 0.5) is 5.69 Å². The van der Waals surface area contributed by atoms with Crippen LogP contribution in [0.15, 0.2) is 54.6 Å². The van der Waals surface area contributed by atoms with Crippen molar-refractivity contribution in [2.24, 2.45) is 7.05 Å². The van der Waals surface area contributed by atoms with Crippen molar-refractivity contribution in [2.75, 3.05) is 5.73 Å². The van der Waals surface area contributed by atoms with E-state index in [1.165, 1.54) is 22.2 Å². The number of hydrogen-bond acceptors (Lipinski definition) is 1. The first-order chi connectivity index (χ1) is 9.08. The van der Waals surface area contributed by atoms with Gasteiger partial charge in [-0.25, -0.2) is 0 Å². The molecule has 0 atom stereocenters. The van der Waals surface area contributed by atoms with Crippen LogP contribution in [0.1, 0.15) is 11.3 Å². The van der Waals surface area contributed by atoms with Gasteiger partial charge in [0.05, 0.1) is 0 Å². The van der Waals surface area contributed by atoms with Gasteiger partial charge in [-0.05, 0) is 43.5 Å². The highest BCUT2D eigenvalue weighted by molar-refractivity contribution is 5.80. The first kappa shape index (κ1) is 13.2. The minimum atomic E-state index is 0.829. The second kappa shape index (κ2) is 5.61. The number of nitrogen functional groups attached to an aromatic ring is 1. The maximum atomic E-state index is 5.43. The van der Waals surface area contributed by atoms with Gasteiger partial charge < -0.3 is 10.3 Å². The zero-order valence-electron chi connectivity index (χ0n) is 11.7. The van der Waals surface area contributed by atoms with Gasteiger partial charge in [0.15, 0.2) is 0 Å². The molecule has 0 saturated carbocycles. The Morgan fingerprint density at radius 2 is 1.53 bits per heavy atom. The van der Waals surface area contributed by atoms with Crippen LogP contribution >= 0.6 is 0 Å². The Bertz CT molecular complexity index is 642. The van der Waals surface area contributed by atoms with Gasteiger partial charge in [0.1, 0.15) is 0 Å². The van der Waals surface area contributed by atoms with Crippen molar-refractivity contribution in [2.45, 2.75) is 13.8 Å². The minimum absolute atomic E-state index is 0.829. The van der Waals surface area contributed by atoms with E-state index < -0.39 is 0 Å². The summed E-state index contributed by atoms with van der Waals surface area (Å²) in [6.07, 6.45) is 0. The summed E-state index contributed by atoms with van der Waals surface area (Å²) in [6.45, 7) is 4.17.